The molecule has 6 nitrogen and oxygen atoms in total. The van der Waals surface area contributed by atoms with Crippen molar-refractivity contribution in [2.45, 2.75) is 39.7 Å². The molecule has 2 amide bonds. The molecule has 1 N–H and O–H groups in total. The second-order valence-electron chi connectivity index (χ2n) is 7.64. The van der Waals surface area contributed by atoms with Gasteiger partial charge in [0.2, 0.25) is 5.91 Å². The first kappa shape index (κ1) is 21.1. The van der Waals surface area contributed by atoms with Gasteiger partial charge in [-0.05, 0) is 57.0 Å². The molecule has 0 bridgehead atoms. The van der Waals surface area contributed by atoms with Crippen LogP contribution in [0.2, 0.25) is 0 Å². The smallest absolute Gasteiger partial charge is 0.265 e. The van der Waals surface area contributed by atoms with Gasteiger partial charge in [-0.15, -0.1) is 11.3 Å². The average molecular weight is 436 g/mol. The van der Waals surface area contributed by atoms with Crippen LogP contribution in [0.3, 0.4) is 0 Å². The summed E-state index contributed by atoms with van der Waals surface area (Å²) in [7, 11) is 0. The summed E-state index contributed by atoms with van der Waals surface area (Å²) in [6.07, 6.45) is 1.99. The molecule has 0 spiro atoms. The Kier molecular flexibility index (Phi) is 6.04. The van der Waals surface area contributed by atoms with Crippen molar-refractivity contribution < 1.29 is 14.3 Å². The van der Waals surface area contributed by atoms with Crippen molar-refractivity contribution in [3.8, 4) is 17.0 Å². The molecule has 31 heavy (non-hydrogen) atoms. The Bertz CT molecular complexity index is 1110. The first-order valence-corrected chi connectivity index (χ1v) is 11.3. The Morgan fingerprint density at radius 1 is 1.26 bits per heavy atom. The van der Waals surface area contributed by atoms with Crippen molar-refractivity contribution in [1.82, 2.24) is 4.98 Å². The highest BCUT2D eigenvalue weighted by molar-refractivity contribution is 7.09. The van der Waals surface area contributed by atoms with Crippen molar-refractivity contribution in [2.75, 3.05) is 16.8 Å². The molecule has 0 saturated carbocycles. The number of carbonyl (C=O) groups excluding carboxylic acids is 2. The second-order valence-corrected chi connectivity index (χ2v) is 8.59. The number of amides is 2. The highest BCUT2D eigenvalue weighted by Crippen LogP contribution is 2.37. The monoisotopic (exact) mass is 435 g/mol. The van der Waals surface area contributed by atoms with E-state index < -0.39 is 6.04 Å². The second kappa shape index (κ2) is 8.89. The first-order chi connectivity index (χ1) is 15.0. The number of ether oxygens (including phenoxy) is 1. The van der Waals surface area contributed by atoms with E-state index >= 15 is 0 Å². The number of aromatic nitrogens is 1. The number of aryl methyl sites for hydroxylation is 2. The number of carbonyl (C=O) groups is 2. The number of nitrogens with one attached hydrogen (secondary N) is 1. The van der Waals surface area contributed by atoms with E-state index in [0.29, 0.717) is 17.1 Å². The largest absolute Gasteiger partial charge is 0.482 e. The number of rotatable bonds is 6. The van der Waals surface area contributed by atoms with E-state index in [-0.39, 0.29) is 18.4 Å². The van der Waals surface area contributed by atoms with E-state index in [1.165, 1.54) is 4.90 Å². The molecule has 0 radical (unpaired) electrons. The zero-order chi connectivity index (χ0) is 22.0. The molecule has 0 fully saturated rings. The fourth-order valence-corrected chi connectivity index (χ4v) is 4.44. The third-order valence-electron chi connectivity index (χ3n) is 5.24. The summed E-state index contributed by atoms with van der Waals surface area (Å²) in [5.41, 5.74) is 4.16. The van der Waals surface area contributed by atoms with Gasteiger partial charge in [0.05, 0.1) is 16.4 Å². The molecular weight excluding hydrogens is 410 g/mol. The maximum absolute atomic E-state index is 12.9. The predicted molar refractivity (Wildman–Crippen MR) is 124 cm³/mol. The minimum Gasteiger partial charge on any atom is -0.482 e. The number of nitrogens with zero attached hydrogens (tertiary/aromatic N) is 2. The van der Waals surface area contributed by atoms with Crippen LogP contribution in [0.5, 0.6) is 5.75 Å². The highest BCUT2D eigenvalue weighted by Gasteiger charge is 2.33. The molecule has 4 rings (SSSR count). The van der Waals surface area contributed by atoms with Crippen LogP contribution < -0.4 is 15.0 Å². The fourth-order valence-electron chi connectivity index (χ4n) is 3.53. The zero-order valence-electron chi connectivity index (χ0n) is 17.8. The molecule has 160 valence electrons. The molecule has 1 aliphatic rings. The van der Waals surface area contributed by atoms with E-state index in [1.54, 1.807) is 18.3 Å². The van der Waals surface area contributed by atoms with Gasteiger partial charge in [-0.25, -0.2) is 4.98 Å². The van der Waals surface area contributed by atoms with E-state index in [2.05, 4.69) is 12.2 Å². The van der Waals surface area contributed by atoms with Gasteiger partial charge in [-0.2, -0.15) is 0 Å². The summed E-state index contributed by atoms with van der Waals surface area (Å²) in [6, 6.07) is 12.5. The number of hydrogen-bond donors (Lipinski definition) is 1. The number of anilines is 2. The highest BCUT2D eigenvalue weighted by atomic mass is 32.1. The van der Waals surface area contributed by atoms with Crippen molar-refractivity contribution >= 4 is 34.5 Å². The van der Waals surface area contributed by atoms with Crippen molar-refractivity contribution in [2.24, 2.45) is 0 Å². The van der Waals surface area contributed by atoms with E-state index in [9.17, 15) is 9.59 Å². The number of thiazole rings is 1. The van der Waals surface area contributed by atoms with Crippen molar-refractivity contribution in [1.29, 1.82) is 0 Å². The molecule has 0 aliphatic carbocycles. The summed E-state index contributed by atoms with van der Waals surface area (Å²) < 4.78 is 5.62. The van der Waals surface area contributed by atoms with Gasteiger partial charge in [-0.3, -0.25) is 14.5 Å². The number of benzene rings is 2. The van der Waals surface area contributed by atoms with Gasteiger partial charge in [0.25, 0.3) is 5.91 Å². The van der Waals surface area contributed by atoms with Crippen LogP contribution in [0.25, 0.3) is 11.3 Å². The Labute approximate surface area is 185 Å². The van der Waals surface area contributed by atoms with Gasteiger partial charge in [0, 0.05) is 16.6 Å². The van der Waals surface area contributed by atoms with Crippen LogP contribution in [0.4, 0.5) is 11.4 Å². The van der Waals surface area contributed by atoms with Crippen molar-refractivity contribution in [3.05, 3.63) is 58.4 Å². The Morgan fingerprint density at radius 3 is 2.77 bits per heavy atom. The van der Waals surface area contributed by atoms with Crippen molar-refractivity contribution in [3.63, 3.8) is 0 Å². The van der Waals surface area contributed by atoms with E-state index in [4.69, 9.17) is 9.72 Å². The zero-order valence-corrected chi connectivity index (χ0v) is 18.7. The van der Waals surface area contributed by atoms with Gasteiger partial charge in [0.1, 0.15) is 11.8 Å². The molecule has 2 aromatic carbocycles. The normalized spacial score (nSPS) is 14.0. The lowest BCUT2D eigenvalue weighted by molar-refractivity contribution is -0.125. The fraction of sp³-hybridized carbons (Fsp3) is 0.292. The SMILES string of the molecule is CCCc1nc(-c2ccc3c(c2)N(C(C)C(=O)Nc2ccc(C)cc2)C(=O)CO3)cs1. The third kappa shape index (κ3) is 4.46. The molecule has 1 aliphatic heterocycles. The number of hydrogen-bond acceptors (Lipinski definition) is 5. The van der Waals surface area contributed by atoms with Crippen LogP contribution in [0, 0.1) is 6.92 Å². The lowest BCUT2D eigenvalue weighted by Crippen LogP contribution is -2.49. The van der Waals surface area contributed by atoms with Crippen LogP contribution in [-0.4, -0.2) is 29.4 Å². The summed E-state index contributed by atoms with van der Waals surface area (Å²) >= 11 is 1.63. The molecule has 7 heteroatoms. The van der Waals surface area contributed by atoms with Crippen LogP contribution in [0.1, 0.15) is 30.8 Å². The topological polar surface area (TPSA) is 71.5 Å². The summed E-state index contributed by atoms with van der Waals surface area (Å²) in [5.74, 6) is 0.0813. The third-order valence-corrected chi connectivity index (χ3v) is 6.14. The Morgan fingerprint density at radius 2 is 2.03 bits per heavy atom. The van der Waals surface area contributed by atoms with Crippen LogP contribution in [-0.2, 0) is 16.0 Å². The summed E-state index contributed by atoms with van der Waals surface area (Å²) in [5, 5.41) is 6.01. The molecule has 1 unspecified atom stereocenters. The Hall–Kier alpha value is -3.19. The molecule has 1 atom stereocenters. The van der Waals surface area contributed by atoms with Gasteiger partial charge >= 0.3 is 0 Å². The lowest BCUT2D eigenvalue weighted by Gasteiger charge is -2.33. The lowest BCUT2D eigenvalue weighted by atomic mass is 10.1. The molecular formula is C24H25N3O3S. The van der Waals surface area contributed by atoms with Gasteiger partial charge < -0.3 is 10.1 Å². The standard InChI is InChI=1S/C24H25N3O3S/c1-4-5-22-26-19(14-31-22)17-8-11-21-20(12-17)27(23(28)13-30-21)16(3)24(29)25-18-9-6-15(2)7-10-18/h6-12,14,16H,4-5,13H2,1-3H3,(H,25,29). The quantitative estimate of drug-likeness (QED) is 0.602. The Balaban J connectivity index is 1.61. The number of fused-ring (bicyclic) bond motifs is 1. The van der Waals surface area contributed by atoms with Gasteiger partial charge in [0.15, 0.2) is 6.61 Å². The van der Waals surface area contributed by atoms with E-state index in [0.717, 1.165) is 34.7 Å². The van der Waals surface area contributed by atoms with Crippen LogP contribution >= 0.6 is 11.3 Å². The van der Waals surface area contributed by atoms with Crippen LogP contribution in [0.15, 0.2) is 47.8 Å². The molecule has 1 aromatic heterocycles. The summed E-state index contributed by atoms with van der Waals surface area (Å²) in [4.78, 5) is 31.9. The van der Waals surface area contributed by atoms with E-state index in [1.807, 2.05) is 54.8 Å². The maximum atomic E-state index is 12.9. The minimum absolute atomic E-state index is 0.0914. The minimum atomic E-state index is -0.696. The maximum Gasteiger partial charge on any atom is 0.265 e. The molecule has 2 heterocycles. The molecule has 3 aromatic rings. The summed E-state index contributed by atoms with van der Waals surface area (Å²) in [6.45, 7) is 5.75. The first-order valence-electron chi connectivity index (χ1n) is 10.4. The molecule has 0 saturated heterocycles. The predicted octanol–water partition coefficient (Wildman–Crippen LogP) is 4.82. The average Bonchev–Trinajstić information content (AvgIpc) is 3.23. The van der Waals surface area contributed by atoms with Gasteiger partial charge in [-0.1, -0.05) is 24.6 Å².